The second kappa shape index (κ2) is 5.92. The van der Waals surface area contributed by atoms with Gasteiger partial charge in [-0.15, -0.1) is 5.10 Å². The molecule has 0 spiro atoms. The molecule has 3 N–H and O–H groups in total. The van der Waals surface area contributed by atoms with Crippen molar-refractivity contribution in [1.82, 2.24) is 15.0 Å². The summed E-state index contributed by atoms with van der Waals surface area (Å²) in [5, 5.41) is 15.5. The SMILES string of the molecule is Nc1c(S(=O)(=O)c2ccccc2)nnn1CCCC(=O)O. The molecule has 0 unspecified atom stereocenters. The van der Waals surface area contributed by atoms with Crippen molar-refractivity contribution in [2.75, 3.05) is 5.73 Å². The third-order valence-electron chi connectivity index (χ3n) is 2.81. The standard InChI is InChI=1S/C12H14N4O4S/c13-11-12(14-15-16(11)8-4-7-10(17)18)21(19,20)9-5-2-1-3-6-9/h1-3,5-6H,4,7-8,13H2,(H,17,18). The number of sulfone groups is 1. The van der Waals surface area contributed by atoms with Gasteiger partial charge in [0.1, 0.15) is 0 Å². The van der Waals surface area contributed by atoms with Gasteiger partial charge in [0.15, 0.2) is 5.82 Å². The molecule has 0 aliphatic heterocycles. The molecule has 0 atom stereocenters. The molecule has 9 heteroatoms. The number of nitrogen functional groups attached to an aromatic ring is 1. The lowest BCUT2D eigenvalue weighted by atomic mass is 10.3. The molecule has 2 aromatic rings. The van der Waals surface area contributed by atoms with Crippen LogP contribution < -0.4 is 5.73 Å². The Balaban J connectivity index is 2.26. The molecule has 0 fully saturated rings. The number of carboxylic acids is 1. The molecule has 0 aliphatic carbocycles. The van der Waals surface area contributed by atoms with Crippen LogP contribution in [0.4, 0.5) is 5.82 Å². The maximum Gasteiger partial charge on any atom is 0.303 e. The Bertz CT molecular complexity index is 740. The van der Waals surface area contributed by atoms with Gasteiger partial charge in [-0.1, -0.05) is 23.4 Å². The molecule has 0 saturated carbocycles. The van der Waals surface area contributed by atoms with E-state index in [-0.39, 0.29) is 35.1 Å². The number of aliphatic carboxylic acids is 1. The summed E-state index contributed by atoms with van der Waals surface area (Å²) in [4.78, 5) is 10.5. The molecular formula is C12H14N4O4S. The van der Waals surface area contributed by atoms with Crippen LogP contribution in [0.2, 0.25) is 0 Å². The second-order valence-corrected chi connectivity index (χ2v) is 6.18. The number of hydrogen-bond donors (Lipinski definition) is 2. The van der Waals surface area contributed by atoms with Crippen LogP contribution in [0.5, 0.6) is 0 Å². The van der Waals surface area contributed by atoms with Crippen LogP contribution in [0.3, 0.4) is 0 Å². The van der Waals surface area contributed by atoms with E-state index in [1.54, 1.807) is 18.2 Å². The number of anilines is 1. The molecule has 0 aliphatic rings. The number of aromatic nitrogens is 3. The second-order valence-electron chi connectivity index (χ2n) is 4.32. The minimum atomic E-state index is -3.83. The topological polar surface area (TPSA) is 128 Å². The molecule has 1 aromatic carbocycles. The average Bonchev–Trinajstić information content (AvgIpc) is 2.81. The Morgan fingerprint density at radius 1 is 1.29 bits per heavy atom. The first-order valence-electron chi connectivity index (χ1n) is 6.14. The van der Waals surface area contributed by atoms with Gasteiger partial charge >= 0.3 is 5.97 Å². The van der Waals surface area contributed by atoms with E-state index in [1.165, 1.54) is 16.8 Å². The normalized spacial score (nSPS) is 11.4. The number of carboxylic acid groups (broad SMARTS) is 1. The van der Waals surface area contributed by atoms with Crippen molar-refractivity contribution in [3.05, 3.63) is 30.3 Å². The monoisotopic (exact) mass is 310 g/mol. The highest BCUT2D eigenvalue weighted by molar-refractivity contribution is 7.91. The maximum atomic E-state index is 12.4. The van der Waals surface area contributed by atoms with Crippen LogP contribution >= 0.6 is 0 Å². The number of carbonyl (C=O) groups is 1. The van der Waals surface area contributed by atoms with E-state index in [0.717, 1.165) is 0 Å². The van der Waals surface area contributed by atoms with Crippen molar-refractivity contribution in [3.63, 3.8) is 0 Å². The van der Waals surface area contributed by atoms with Crippen LogP contribution in [-0.2, 0) is 21.2 Å². The maximum absolute atomic E-state index is 12.4. The van der Waals surface area contributed by atoms with Gasteiger partial charge < -0.3 is 10.8 Å². The van der Waals surface area contributed by atoms with E-state index >= 15 is 0 Å². The Morgan fingerprint density at radius 2 is 1.95 bits per heavy atom. The molecule has 2 rings (SSSR count). The summed E-state index contributed by atoms with van der Waals surface area (Å²) in [5.41, 5.74) is 5.76. The summed E-state index contributed by atoms with van der Waals surface area (Å²) < 4.78 is 25.9. The van der Waals surface area contributed by atoms with E-state index in [2.05, 4.69) is 10.3 Å². The molecule has 1 heterocycles. The Morgan fingerprint density at radius 3 is 2.57 bits per heavy atom. The zero-order chi connectivity index (χ0) is 15.5. The third kappa shape index (κ3) is 3.19. The molecule has 0 saturated heterocycles. The minimum absolute atomic E-state index is 0.0555. The third-order valence-corrected chi connectivity index (χ3v) is 4.50. The summed E-state index contributed by atoms with van der Waals surface area (Å²) in [5.74, 6) is -1.03. The smallest absolute Gasteiger partial charge is 0.303 e. The highest BCUT2D eigenvalue weighted by atomic mass is 32.2. The molecule has 0 amide bonds. The summed E-state index contributed by atoms with van der Waals surface area (Å²) in [7, 11) is -3.83. The number of nitrogens with two attached hydrogens (primary N) is 1. The van der Waals surface area contributed by atoms with E-state index < -0.39 is 15.8 Å². The van der Waals surface area contributed by atoms with Crippen molar-refractivity contribution in [2.24, 2.45) is 0 Å². The Kier molecular flexibility index (Phi) is 4.22. The molecule has 1 aromatic heterocycles. The van der Waals surface area contributed by atoms with E-state index in [4.69, 9.17) is 10.8 Å². The first kappa shape index (κ1) is 15.0. The summed E-state index contributed by atoms with van der Waals surface area (Å²) in [6, 6.07) is 7.78. The molecule has 21 heavy (non-hydrogen) atoms. The van der Waals surface area contributed by atoms with Gasteiger partial charge in [0.05, 0.1) is 4.90 Å². The number of hydrogen-bond acceptors (Lipinski definition) is 6. The first-order valence-corrected chi connectivity index (χ1v) is 7.62. The van der Waals surface area contributed by atoms with Gasteiger partial charge in [-0.05, 0) is 18.6 Å². The first-order chi connectivity index (χ1) is 9.93. The fourth-order valence-electron chi connectivity index (χ4n) is 1.75. The number of aryl methyl sites for hydroxylation is 1. The van der Waals surface area contributed by atoms with E-state index in [9.17, 15) is 13.2 Å². The van der Waals surface area contributed by atoms with Crippen LogP contribution in [0.25, 0.3) is 0 Å². The van der Waals surface area contributed by atoms with Crippen LogP contribution in [0.1, 0.15) is 12.8 Å². The molecule has 0 bridgehead atoms. The summed E-state index contributed by atoms with van der Waals surface area (Å²) in [6.07, 6.45) is 0.230. The van der Waals surface area contributed by atoms with Crippen molar-refractivity contribution in [3.8, 4) is 0 Å². The fraction of sp³-hybridized carbons (Fsp3) is 0.250. The molecule has 112 valence electrons. The lowest BCUT2D eigenvalue weighted by Crippen LogP contribution is -2.09. The van der Waals surface area contributed by atoms with Gasteiger partial charge in [0, 0.05) is 13.0 Å². The zero-order valence-corrected chi connectivity index (χ0v) is 11.8. The lowest BCUT2D eigenvalue weighted by molar-refractivity contribution is -0.137. The van der Waals surface area contributed by atoms with Crippen LogP contribution in [0, 0.1) is 0 Å². The molecule has 8 nitrogen and oxygen atoms in total. The predicted octanol–water partition coefficient (Wildman–Crippen LogP) is 0.558. The fourth-order valence-corrected chi connectivity index (χ4v) is 3.02. The van der Waals surface area contributed by atoms with Crippen LogP contribution in [0.15, 0.2) is 40.3 Å². The van der Waals surface area contributed by atoms with Crippen LogP contribution in [-0.4, -0.2) is 34.5 Å². The highest BCUT2D eigenvalue weighted by Crippen LogP contribution is 2.23. The minimum Gasteiger partial charge on any atom is -0.481 e. The molecular weight excluding hydrogens is 296 g/mol. The number of nitrogens with zero attached hydrogens (tertiary/aromatic N) is 3. The van der Waals surface area contributed by atoms with Gasteiger partial charge in [0.2, 0.25) is 14.9 Å². The lowest BCUT2D eigenvalue weighted by Gasteiger charge is -2.03. The van der Waals surface area contributed by atoms with Crippen molar-refractivity contribution in [1.29, 1.82) is 0 Å². The van der Waals surface area contributed by atoms with Crippen molar-refractivity contribution in [2.45, 2.75) is 29.3 Å². The summed E-state index contributed by atoms with van der Waals surface area (Å²) in [6.45, 7) is 0.190. The Hall–Kier alpha value is -2.42. The van der Waals surface area contributed by atoms with Crippen molar-refractivity contribution >= 4 is 21.6 Å². The largest absolute Gasteiger partial charge is 0.481 e. The average molecular weight is 310 g/mol. The summed E-state index contributed by atoms with van der Waals surface area (Å²) >= 11 is 0. The van der Waals surface area contributed by atoms with E-state index in [1.807, 2.05) is 0 Å². The van der Waals surface area contributed by atoms with Gasteiger partial charge in [0.25, 0.3) is 0 Å². The number of benzene rings is 1. The van der Waals surface area contributed by atoms with E-state index in [0.29, 0.717) is 0 Å². The predicted molar refractivity (Wildman–Crippen MR) is 73.2 cm³/mol. The molecule has 0 radical (unpaired) electrons. The quantitative estimate of drug-likeness (QED) is 0.797. The van der Waals surface area contributed by atoms with Gasteiger partial charge in [-0.3, -0.25) is 4.79 Å². The Labute approximate surface area is 121 Å². The van der Waals surface area contributed by atoms with Crippen molar-refractivity contribution < 1.29 is 18.3 Å². The number of rotatable bonds is 6. The highest BCUT2D eigenvalue weighted by Gasteiger charge is 2.25. The zero-order valence-electron chi connectivity index (χ0n) is 11.0. The van der Waals surface area contributed by atoms with Gasteiger partial charge in [-0.25, -0.2) is 13.1 Å². The van der Waals surface area contributed by atoms with Gasteiger partial charge in [-0.2, -0.15) is 0 Å².